The predicted molar refractivity (Wildman–Crippen MR) is 59.0 cm³/mol. The van der Waals surface area contributed by atoms with Crippen molar-refractivity contribution in [3.05, 3.63) is 21.7 Å². The van der Waals surface area contributed by atoms with Gasteiger partial charge in [0, 0.05) is 13.0 Å². The van der Waals surface area contributed by atoms with Gasteiger partial charge in [-0.05, 0) is 18.8 Å². The Morgan fingerprint density at radius 2 is 2.31 bits per heavy atom. The van der Waals surface area contributed by atoms with E-state index in [9.17, 15) is 4.79 Å². The predicted octanol–water partition coefficient (Wildman–Crippen LogP) is 0.308. The lowest BCUT2D eigenvalue weighted by Gasteiger charge is -2.20. The maximum absolute atomic E-state index is 11.9. The molecule has 16 heavy (non-hydrogen) atoms. The summed E-state index contributed by atoms with van der Waals surface area (Å²) in [5.41, 5.74) is 7.36. The first-order chi connectivity index (χ1) is 7.75. The molecule has 1 fully saturated rings. The average molecular weight is 221 g/mol. The number of nitrogen functional groups attached to an aromatic ring is 1. The highest BCUT2D eigenvalue weighted by molar-refractivity contribution is 5.30. The monoisotopic (exact) mass is 221 g/mol. The van der Waals surface area contributed by atoms with Gasteiger partial charge in [0.05, 0.1) is 24.6 Å². The van der Waals surface area contributed by atoms with Crippen LogP contribution in [0, 0.1) is 5.92 Å². The summed E-state index contributed by atoms with van der Waals surface area (Å²) in [7, 11) is 0. The number of nitrogens with two attached hydrogens (primary N) is 1. The SMILES string of the molecule is Nc1nc2c(n(CC3CC3)c1=O)COCC2. The van der Waals surface area contributed by atoms with Crippen molar-refractivity contribution < 1.29 is 4.74 Å². The minimum absolute atomic E-state index is 0.126. The largest absolute Gasteiger partial charge is 0.379 e. The molecule has 86 valence electrons. The summed E-state index contributed by atoms with van der Waals surface area (Å²) in [6, 6.07) is 0. The fraction of sp³-hybridized carbons (Fsp3) is 0.636. The van der Waals surface area contributed by atoms with Crippen LogP contribution >= 0.6 is 0 Å². The molecule has 1 aromatic heterocycles. The molecule has 0 spiro atoms. The Morgan fingerprint density at radius 1 is 1.50 bits per heavy atom. The third-order valence-corrected chi connectivity index (χ3v) is 3.24. The van der Waals surface area contributed by atoms with E-state index in [1.807, 2.05) is 0 Å². The lowest BCUT2D eigenvalue weighted by molar-refractivity contribution is 0.101. The maximum atomic E-state index is 11.9. The van der Waals surface area contributed by atoms with Gasteiger partial charge in [-0.1, -0.05) is 0 Å². The summed E-state index contributed by atoms with van der Waals surface area (Å²) in [6.07, 6.45) is 3.18. The van der Waals surface area contributed by atoms with Crippen LogP contribution in [0.1, 0.15) is 24.2 Å². The molecule has 2 aliphatic rings. The summed E-state index contributed by atoms with van der Waals surface area (Å²) >= 11 is 0. The van der Waals surface area contributed by atoms with Crippen LogP contribution in [0.5, 0.6) is 0 Å². The van der Waals surface area contributed by atoms with Crippen molar-refractivity contribution in [3.63, 3.8) is 0 Å². The van der Waals surface area contributed by atoms with Crippen molar-refractivity contribution in [2.45, 2.75) is 32.4 Å². The second kappa shape index (κ2) is 3.59. The smallest absolute Gasteiger partial charge is 0.293 e. The average Bonchev–Trinajstić information content (AvgIpc) is 3.08. The molecule has 2 N–H and O–H groups in total. The summed E-state index contributed by atoms with van der Waals surface area (Å²) in [6.45, 7) is 1.93. The molecule has 5 heteroatoms. The molecule has 3 rings (SSSR count). The topological polar surface area (TPSA) is 70.1 Å². The van der Waals surface area contributed by atoms with Crippen molar-refractivity contribution in [1.29, 1.82) is 0 Å². The normalized spacial score (nSPS) is 19.5. The van der Waals surface area contributed by atoms with Gasteiger partial charge in [-0.15, -0.1) is 0 Å². The lowest BCUT2D eigenvalue weighted by Crippen LogP contribution is -2.32. The number of nitrogens with zero attached hydrogens (tertiary/aromatic N) is 2. The van der Waals surface area contributed by atoms with Gasteiger partial charge >= 0.3 is 0 Å². The molecule has 0 unspecified atom stereocenters. The van der Waals surface area contributed by atoms with Gasteiger partial charge in [-0.25, -0.2) is 4.98 Å². The second-order valence-electron chi connectivity index (χ2n) is 4.55. The van der Waals surface area contributed by atoms with Gasteiger partial charge in [0.15, 0.2) is 5.82 Å². The van der Waals surface area contributed by atoms with Gasteiger partial charge in [-0.3, -0.25) is 4.79 Å². The highest BCUT2D eigenvalue weighted by Gasteiger charge is 2.26. The first-order valence-electron chi connectivity index (χ1n) is 5.71. The molecule has 1 aliphatic carbocycles. The number of hydrogen-bond acceptors (Lipinski definition) is 4. The van der Waals surface area contributed by atoms with Crippen LogP contribution in [0.15, 0.2) is 4.79 Å². The Bertz CT molecular complexity index is 477. The molecular weight excluding hydrogens is 206 g/mol. The van der Waals surface area contributed by atoms with Crippen LogP contribution in [-0.2, 0) is 24.3 Å². The third kappa shape index (κ3) is 1.61. The van der Waals surface area contributed by atoms with Crippen LogP contribution in [-0.4, -0.2) is 16.2 Å². The third-order valence-electron chi connectivity index (χ3n) is 3.24. The highest BCUT2D eigenvalue weighted by Crippen LogP contribution is 2.31. The minimum atomic E-state index is -0.156. The van der Waals surface area contributed by atoms with Gasteiger partial charge in [-0.2, -0.15) is 0 Å². The Morgan fingerprint density at radius 3 is 3.06 bits per heavy atom. The first kappa shape index (κ1) is 9.84. The number of ether oxygens (including phenoxy) is 1. The molecule has 1 saturated carbocycles. The zero-order valence-electron chi connectivity index (χ0n) is 9.11. The minimum Gasteiger partial charge on any atom is -0.379 e. The summed E-state index contributed by atoms with van der Waals surface area (Å²) in [5.74, 6) is 0.770. The van der Waals surface area contributed by atoms with E-state index in [4.69, 9.17) is 10.5 Å². The molecule has 0 radical (unpaired) electrons. The Kier molecular flexibility index (Phi) is 2.21. The Hall–Kier alpha value is -1.36. The molecule has 2 heterocycles. The molecule has 0 bridgehead atoms. The summed E-state index contributed by atoms with van der Waals surface area (Å²) in [4.78, 5) is 16.1. The molecule has 0 aromatic carbocycles. The molecule has 0 atom stereocenters. The van der Waals surface area contributed by atoms with E-state index in [0.717, 1.165) is 24.4 Å². The van der Waals surface area contributed by atoms with Crippen LogP contribution in [0.2, 0.25) is 0 Å². The number of rotatable bonds is 2. The molecule has 1 aromatic rings. The number of hydrogen-bond donors (Lipinski definition) is 1. The van der Waals surface area contributed by atoms with Gasteiger partial charge in [0.25, 0.3) is 5.56 Å². The van der Waals surface area contributed by atoms with E-state index in [-0.39, 0.29) is 11.4 Å². The Balaban J connectivity index is 2.10. The van der Waals surface area contributed by atoms with E-state index < -0.39 is 0 Å². The molecule has 5 nitrogen and oxygen atoms in total. The van der Waals surface area contributed by atoms with E-state index in [1.165, 1.54) is 12.8 Å². The second-order valence-corrected chi connectivity index (χ2v) is 4.55. The molecule has 0 saturated heterocycles. The fourth-order valence-corrected chi connectivity index (χ4v) is 2.13. The zero-order chi connectivity index (χ0) is 11.1. The summed E-state index contributed by atoms with van der Waals surface area (Å²) < 4.78 is 7.17. The van der Waals surface area contributed by atoms with Gasteiger partial charge < -0.3 is 15.0 Å². The quantitative estimate of drug-likeness (QED) is 0.780. The van der Waals surface area contributed by atoms with Crippen LogP contribution in [0.3, 0.4) is 0 Å². The Labute approximate surface area is 93.2 Å². The lowest BCUT2D eigenvalue weighted by atomic mass is 10.2. The van der Waals surface area contributed by atoms with Crippen LogP contribution in [0.25, 0.3) is 0 Å². The van der Waals surface area contributed by atoms with Gasteiger partial charge in [0.2, 0.25) is 0 Å². The number of anilines is 1. The van der Waals surface area contributed by atoms with Crippen LogP contribution in [0.4, 0.5) is 5.82 Å². The van der Waals surface area contributed by atoms with E-state index in [2.05, 4.69) is 4.98 Å². The summed E-state index contributed by atoms with van der Waals surface area (Å²) in [5, 5.41) is 0. The van der Waals surface area contributed by atoms with Crippen molar-refractivity contribution in [2.75, 3.05) is 12.3 Å². The van der Waals surface area contributed by atoms with Crippen LogP contribution < -0.4 is 11.3 Å². The highest BCUT2D eigenvalue weighted by atomic mass is 16.5. The standard InChI is InChI=1S/C11H15N3O2/c12-10-11(15)14(5-7-1-2-7)9-6-16-4-3-8(9)13-10/h7H,1-6H2,(H2,12,13). The molecule has 1 aliphatic heterocycles. The maximum Gasteiger partial charge on any atom is 0.293 e. The van der Waals surface area contributed by atoms with Crippen molar-refractivity contribution in [1.82, 2.24) is 9.55 Å². The van der Waals surface area contributed by atoms with Crippen molar-refractivity contribution in [2.24, 2.45) is 5.92 Å². The molecular formula is C11H15N3O2. The number of fused-ring (bicyclic) bond motifs is 1. The fourth-order valence-electron chi connectivity index (χ4n) is 2.13. The van der Waals surface area contributed by atoms with E-state index in [0.29, 0.717) is 19.1 Å². The first-order valence-corrected chi connectivity index (χ1v) is 5.71. The van der Waals surface area contributed by atoms with Crippen molar-refractivity contribution >= 4 is 5.82 Å². The van der Waals surface area contributed by atoms with E-state index >= 15 is 0 Å². The van der Waals surface area contributed by atoms with Gasteiger partial charge in [0.1, 0.15) is 0 Å². The van der Waals surface area contributed by atoms with Crippen molar-refractivity contribution in [3.8, 4) is 0 Å². The van der Waals surface area contributed by atoms with E-state index in [1.54, 1.807) is 4.57 Å². The molecule has 0 amide bonds. The zero-order valence-corrected chi connectivity index (χ0v) is 9.11. The number of aromatic nitrogens is 2.